The van der Waals surface area contributed by atoms with Crippen molar-refractivity contribution in [1.29, 1.82) is 0 Å². The van der Waals surface area contributed by atoms with Crippen molar-refractivity contribution in [3.05, 3.63) is 110 Å². The van der Waals surface area contributed by atoms with E-state index in [9.17, 15) is 9.90 Å². The van der Waals surface area contributed by atoms with Gasteiger partial charge in [0.05, 0.1) is 18.3 Å². The standard InChI is InChI=1S/C26H22Br2O3/c27-21-10-6-18(7-11-21)24(30)14-3-17-1-4-19(5-2-17)25-15-23(29)16-26(31-25)20-8-12-22(28)13-9-20/h1-14,23,25-26,29H,15-16H2/b14-3+. The van der Waals surface area contributed by atoms with Crippen LogP contribution in [0.15, 0.2) is 87.8 Å². The van der Waals surface area contributed by atoms with E-state index in [2.05, 4.69) is 31.9 Å². The van der Waals surface area contributed by atoms with Crippen LogP contribution in [-0.4, -0.2) is 17.0 Å². The molecule has 0 radical (unpaired) electrons. The van der Waals surface area contributed by atoms with Crippen LogP contribution in [0.3, 0.4) is 0 Å². The number of halogens is 2. The Morgan fingerprint density at radius 3 is 1.84 bits per heavy atom. The van der Waals surface area contributed by atoms with Gasteiger partial charge in [0.1, 0.15) is 0 Å². The van der Waals surface area contributed by atoms with Crippen molar-refractivity contribution in [2.24, 2.45) is 0 Å². The smallest absolute Gasteiger partial charge is 0.185 e. The number of hydrogen-bond acceptors (Lipinski definition) is 3. The molecule has 3 aromatic carbocycles. The maximum absolute atomic E-state index is 12.3. The van der Waals surface area contributed by atoms with Crippen LogP contribution in [0.4, 0.5) is 0 Å². The van der Waals surface area contributed by atoms with E-state index < -0.39 is 6.10 Å². The molecule has 0 aliphatic carbocycles. The molecule has 158 valence electrons. The number of aliphatic hydroxyl groups is 1. The predicted molar refractivity (Wildman–Crippen MR) is 130 cm³/mol. The average Bonchev–Trinajstić information content (AvgIpc) is 2.78. The summed E-state index contributed by atoms with van der Waals surface area (Å²) in [6.07, 6.45) is 3.86. The van der Waals surface area contributed by atoms with E-state index in [1.807, 2.05) is 66.7 Å². The molecule has 31 heavy (non-hydrogen) atoms. The number of carbonyl (C=O) groups is 1. The van der Waals surface area contributed by atoms with Crippen molar-refractivity contribution >= 4 is 43.7 Å². The third-order valence-corrected chi connectivity index (χ3v) is 6.46. The second-order valence-corrected chi connectivity index (χ2v) is 9.49. The Hall–Kier alpha value is -2.05. The van der Waals surface area contributed by atoms with Gasteiger partial charge in [-0.25, -0.2) is 0 Å². The highest BCUT2D eigenvalue weighted by molar-refractivity contribution is 9.10. The quantitative estimate of drug-likeness (QED) is 0.278. The minimum absolute atomic E-state index is 0.0346. The first-order chi connectivity index (χ1) is 15.0. The maximum Gasteiger partial charge on any atom is 0.185 e. The monoisotopic (exact) mass is 540 g/mol. The Morgan fingerprint density at radius 1 is 0.806 bits per heavy atom. The first-order valence-electron chi connectivity index (χ1n) is 10.1. The highest BCUT2D eigenvalue weighted by Crippen LogP contribution is 2.39. The van der Waals surface area contributed by atoms with Crippen LogP contribution in [0.25, 0.3) is 6.08 Å². The molecule has 5 heteroatoms. The molecular formula is C26H22Br2O3. The van der Waals surface area contributed by atoms with E-state index >= 15 is 0 Å². The zero-order chi connectivity index (χ0) is 21.8. The molecule has 1 aliphatic rings. The number of rotatable bonds is 5. The van der Waals surface area contributed by atoms with Gasteiger partial charge in [-0.05, 0) is 59.2 Å². The third kappa shape index (κ3) is 5.80. The van der Waals surface area contributed by atoms with Gasteiger partial charge in [-0.1, -0.05) is 74.3 Å². The molecule has 3 atom stereocenters. The Bertz CT molecular complexity index is 1060. The molecule has 4 rings (SSSR count). The third-order valence-electron chi connectivity index (χ3n) is 5.41. The maximum atomic E-state index is 12.3. The number of ketones is 1. The number of benzene rings is 3. The molecule has 1 N–H and O–H groups in total. The first-order valence-corrected chi connectivity index (χ1v) is 11.7. The van der Waals surface area contributed by atoms with Crippen LogP contribution in [0, 0.1) is 0 Å². The van der Waals surface area contributed by atoms with Crippen molar-refractivity contribution in [3.8, 4) is 0 Å². The molecule has 0 saturated carbocycles. The van der Waals surface area contributed by atoms with E-state index in [0.717, 1.165) is 25.6 Å². The summed E-state index contributed by atoms with van der Waals surface area (Å²) >= 11 is 6.83. The Labute approximate surface area is 199 Å². The minimum Gasteiger partial charge on any atom is -0.393 e. The lowest BCUT2D eigenvalue weighted by Crippen LogP contribution is -2.26. The molecule has 1 saturated heterocycles. The average molecular weight is 542 g/mol. The molecule has 3 nitrogen and oxygen atoms in total. The summed E-state index contributed by atoms with van der Waals surface area (Å²) in [5.74, 6) is -0.0346. The van der Waals surface area contributed by atoms with Crippen LogP contribution < -0.4 is 0 Å². The van der Waals surface area contributed by atoms with Gasteiger partial charge in [0.25, 0.3) is 0 Å². The molecule has 0 aromatic heterocycles. The van der Waals surface area contributed by atoms with Gasteiger partial charge in [-0.3, -0.25) is 4.79 Å². The molecule has 1 aliphatic heterocycles. The fourth-order valence-corrected chi connectivity index (χ4v) is 4.24. The summed E-state index contributed by atoms with van der Waals surface area (Å²) < 4.78 is 8.29. The Balaban J connectivity index is 1.43. The second-order valence-electron chi connectivity index (χ2n) is 7.66. The first kappa shape index (κ1) is 22.2. The van der Waals surface area contributed by atoms with E-state index in [1.165, 1.54) is 0 Å². The SMILES string of the molecule is O=C(/C=C/c1ccc(C2CC(O)CC(c3ccc(Br)cc3)O2)cc1)c1ccc(Br)cc1. The topological polar surface area (TPSA) is 46.5 Å². The summed E-state index contributed by atoms with van der Waals surface area (Å²) in [6.45, 7) is 0. The van der Waals surface area contributed by atoms with E-state index in [1.54, 1.807) is 18.2 Å². The van der Waals surface area contributed by atoms with Crippen LogP contribution in [0.1, 0.15) is 52.1 Å². The summed E-state index contributed by atoms with van der Waals surface area (Å²) in [5.41, 5.74) is 3.69. The van der Waals surface area contributed by atoms with Crippen molar-refractivity contribution in [1.82, 2.24) is 0 Å². The summed E-state index contributed by atoms with van der Waals surface area (Å²) in [4.78, 5) is 12.3. The number of hydrogen-bond donors (Lipinski definition) is 1. The molecule has 3 unspecified atom stereocenters. The van der Waals surface area contributed by atoms with Crippen molar-refractivity contribution in [2.75, 3.05) is 0 Å². The minimum atomic E-state index is -0.407. The molecule has 1 heterocycles. The van der Waals surface area contributed by atoms with E-state index in [-0.39, 0.29) is 18.0 Å². The van der Waals surface area contributed by atoms with Gasteiger partial charge in [0, 0.05) is 27.4 Å². The van der Waals surface area contributed by atoms with E-state index in [4.69, 9.17) is 4.74 Å². The highest BCUT2D eigenvalue weighted by Gasteiger charge is 2.30. The van der Waals surface area contributed by atoms with Crippen LogP contribution >= 0.6 is 31.9 Å². The van der Waals surface area contributed by atoms with Gasteiger partial charge < -0.3 is 9.84 Å². The van der Waals surface area contributed by atoms with Gasteiger partial charge in [-0.15, -0.1) is 0 Å². The normalized spacial score (nSPS) is 21.3. The van der Waals surface area contributed by atoms with Gasteiger partial charge >= 0.3 is 0 Å². The Kier molecular flexibility index (Phi) is 7.18. The van der Waals surface area contributed by atoms with Gasteiger partial charge in [-0.2, -0.15) is 0 Å². The van der Waals surface area contributed by atoms with Crippen molar-refractivity contribution in [2.45, 2.75) is 31.2 Å². The number of carbonyl (C=O) groups excluding carboxylic acids is 1. The molecule has 3 aromatic rings. The van der Waals surface area contributed by atoms with Crippen molar-refractivity contribution < 1.29 is 14.6 Å². The lowest BCUT2D eigenvalue weighted by Gasteiger charge is -2.34. The highest BCUT2D eigenvalue weighted by atomic mass is 79.9. The fraction of sp³-hybridized carbons (Fsp3) is 0.192. The summed E-state index contributed by atoms with van der Waals surface area (Å²) in [6, 6.07) is 23.3. The fourth-order valence-electron chi connectivity index (χ4n) is 3.71. The summed E-state index contributed by atoms with van der Waals surface area (Å²) in [7, 11) is 0. The zero-order valence-electron chi connectivity index (χ0n) is 16.7. The molecular weight excluding hydrogens is 520 g/mol. The zero-order valence-corrected chi connectivity index (χ0v) is 19.9. The van der Waals surface area contributed by atoms with Crippen LogP contribution in [0.2, 0.25) is 0 Å². The Morgan fingerprint density at radius 2 is 1.29 bits per heavy atom. The van der Waals surface area contributed by atoms with Gasteiger partial charge in [0.2, 0.25) is 0 Å². The summed E-state index contributed by atoms with van der Waals surface area (Å²) in [5, 5.41) is 10.4. The van der Waals surface area contributed by atoms with Gasteiger partial charge in [0.15, 0.2) is 5.78 Å². The predicted octanol–water partition coefficient (Wildman–Crippen LogP) is 7.06. The van der Waals surface area contributed by atoms with Crippen molar-refractivity contribution in [3.63, 3.8) is 0 Å². The lowest BCUT2D eigenvalue weighted by molar-refractivity contribution is -0.0998. The van der Waals surface area contributed by atoms with Crippen LogP contribution in [-0.2, 0) is 4.74 Å². The molecule has 0 bridgehead atoms. The molecule has 1 fully saturated rings. The van der Waals surface area contributed by atoms with E-state index in [0.29, 0.717) is 18.4 Å². The number of allylic oxidation sites excluding steroid dienone is 1. The number of ether oxygens (including phenoxy) is 1. The van der Waals surface area contributed by atoms with Crippen LogP contribution in [0.5, 0.6) is 0 Å². The molecule has 0 spiro atoms. The largest absolute Gasteiger partial charge is 0.393 e. The second kappa shape index (κ2) is 10.0. The lowest BCUT2D eigenvalue weighted by atomic mass is 9.92. The number of aliphatic hydroxyl groups excluding tert-OH is 1. The molecule has 0 amide bonds.